The molecule has 0 spiro atoms. The number of ketones is 1. The van der Waals surface area contributed by atoms with Gasteiger partial charge in [0.25, 0.3) is 17.7 Å². The van der Waals surface area contributed by atoms with Crippen LogP contribution in [-0.4, -0.2) is 46.0 Å². The molecule has 0 aromatic heterocycles. The lowest BCUT2D eigenvalue weighted by atomic mass is 10.1. The Kier molecular flexibility index (Phi) is 7.70. The molecule has 0 N–H and O–H groups in total. The van der Waals surface area contributed by atoms with Crippen molar-refractivity contribution in [1.29, 1.82) is 0 Å². The number of benzene rings is 4. The highest BCUT2D eigenvalue weighted by molar-refractivity contribution is 6.42. The number of carbonyl (C=O) groups is 5. The first-order valence-corrected chi connectivity index (χ1v) is 13.1. The molecule has 41 heavy (non-hydrogen) atoms. The molecule has 10 heteroatoms. The third kappa shape index (κ3) is 5.61. The molecule has 3 amide bonds. The molecule has 5 rings (SSSR count). The zero-order valence-electron chi connectivity index (χ0n) is 21.5. The van der Waals surface area contributed by atoms with Crippen molar-refractivity contribution in [3.05, 3.63) is 134 Å². The molecule has 204 valence electrons. The van der Waals surface area contributed by atoms with E-state index >= 15 is 0 Å². The molecule has 0 fully saturated rings. The minimum Gasteiger partial charge on any atom is -0.423 e. The Morgan fingerprint density at radius 2 is 1.29 bits per heavy atom. The Bertz CT molecular complexity index is 1680. The monoisotopic (exact) mass is 586 g/mol. The lowest BCUT2D eigenvalue weighted by Crippen LogP contribution is -2.51. The van der Waals surface area contributed by atoms with Gasteiger partial charge >= 0.3 is 5.97 Å². The Balaban J connectivity index is 1.40. The van der Waals surface area contributed by atoms with Crippen LogP contribution in [-0.2, 0) is 0 Å². The predicted octanol–water partition coefficient (Wildman–Crippen LogP) is 6.06. The Labute approximate surface area is 244 Å². The first kappa shape index (κ1) is 27.8. The van der Waals surface area contributed by atoms with Gasteiger partial charge in [-0.05, 0) is 73.7 Å². The molecule has 8 nitrogen and oxygen atoms in total. The van der Waals surface area contributed by atoms with E-state index in [9.17, 15) is 24.0 Å². The van der Waals surface area contributed by atoms with E-state index in [4.69, 9.17) is 27.9 Å². The molecule has 0 saturated heterocycles. The average molecular weight is 587 g/mol. The van der Waals surface area contributed by atoms with Gasteiger partial charge in [0.05, 0.1) is 26.7 Å². The highest BCUT2D eigenvalue weighted by atomic mass is 35.5. The van der Waals surface area contributed by atoms with Crippen molar-refractivity contribution in [2.24, 2.45) is 0 Å². The van der Waals surface area contributed by atoms with E-state index in [1.807, 2.05) is 6.92 Å². The largest absolute Gasteiger partial charge is 0.423 e. The number of fused-ring (bicyclic) bond motifs is 1. The topological polar surface area (TPSA) is 101 Å². The summed E-state index contributed by atoms with van der Waals surface area (Å²) in [6.07, 6.45) is 0. The van der Waals surface area contributed by atoms with Crippen molar-refractivity contribution in [3.8, 4) is 5.75 Å². The molecule has 4 aromatic rings. The normalized spacial score (nSPS) is 12.2. The lowest BCUT2D eigenvalue weighted by Gasteiger charge is -2.29. The maximum atomic E-state index is 13.6. The van der Waals surface area contributed by atoms with E-state index in [0.29, 0.717) is 10.6 Å². The van der Waals surface area contributed by atoms with E-state index in [1.54, 1.807) is 36.4 Å². The standard InChI is InChI=1S/C31H20Cl2N2O6/c1-18-6-8-20(9-7-18)31(40)41-22-13-10-19(11-14-22)27(36)17-34(28(37)21-12-15-25(32)26(33)16-21)35-29(38)23-4-2-3-5-24(23)30(35)39/h2-16H,17H2,1H3. The van der Waals surface area contributed by atoms with Gasteiger partial charge in [-0.15, -0.1) is 0 Å². The SMILES string of the molecule is Cc1ccc(C(=O)Oc2ccc(C(=O)CN(C(=O)c3ccc(Cl)c(Cl)c3)N3C(=O)c4ccccc4C3=O)cc2)cc1. The number of imide groups is 1. The van der Waals surface area contributed by atoms with Crippen molar-refractivity contribution in [1.82, 2.24) is 10.0 Å². The van der Waals surface area contributed by atoms with Crippen molar-refractivity contribution in [2.45, 2.75) is 6.92 Å². The quantitative estimate of drug-likeness (QED) is 0.113. The summed E-state index contributed by atoms with van der Waals surface area (Å²) in [5.74, 6) is -3.24. The first-order valence-electron chi connectivity index (χ1n) is 12.3. The summed E-state index contributed by atoms with van der Waals surface area (Å²) in [5.41, 5.74) is 1.75. The number of hydrogen-bond donors (Lipinski definition) is 0. The third-order valence-corrected chi connectivity index (χ3v) is 7.12. The summed E-state index contributed by atoms with van der Waals surface area (Å²) in [6, 6.07) is 22.8. The van der Waals surface area contributed by atoms with Crippen LogP contribution in [0.3, 0.4) is 0 Å². The molecular formula is C31H20Cl2N2O6. The number of aryl methyl sites for hydroxylation is 1. The van der Waals surface area contributed by atoms with Gasteiger partial charge in [-0.25, -0.2) is 9.80 Å². The Hall–Kier alpha value is -4.79. The number of Topliss-reactive ketones (excluding diaryl/α,β-unsaturated/α-hetero) is 1. The summed E-state index contributed by atoms with van der Waals surface area (Å²) >= 11 is 12.1. The van der Waals surface area contributed by atoms with Crippen LogP contribution in [0.4, 0.5) is 0 Å². The van der Waals surface area contributed by atoms with Gasteiger partial charge in [-0.1, -0.05) is 53.0 Å². The fourth-order valence-electron chi connectivity index (χ4n) is 4.20. The third-order valence-electron chi connectivity index (χ3n) is 6.38. The van der Waals surface area contributed by atoms with Crippen molar-refractivity contribution >= 4 is 52.7 Å². The highest BCUT2D eigenvalue weighted by Gasteiger charge is 2.42. The molecule has 4 aromatic carbocycles. The molecule has 0 aliphatic carbocycles. The number of ether oxygens (including phenoxy) is 1. The fourth-order valence-corrected chi connectivity index (χ4v) is 4.50. The van der Waals surface area contributed by atoms with Gasteiger partial charge in [0.15, 0.2) is 5.78 Å². The van der Waals surface area contributed by atoms with Crippen LogP contribution < -0.4 is 4.74 Å². The maximum absolute atomic E-state index is 13.6. The number of hydrogen-bond acceptors (Lipinski definition) is 6. The van der Waals surface area contributed by atoms with Crippen LogP contribution in [0.5, 0.6) is 5.75 Å². The fraction of sp³-hybridized carbons (Fsp3) is 0.0645. The minimum atomic E-state index is -0.810. The van der Waals surface area contributed by atoms with Crippen LogP contribution in [0.1, 0.15) is 57.4 Å². The number of carbonyl (C=O) groups excluding carboxylic acids is 5. The second-order valence-electron chi connectivity index (χ2n) is 9.16. The van der Waals surface area contributed by atoms with Crippen LogP contribution in [0, 0.1) is 6.92 Å². The summed E-state index contributed by atoms with van der Waals surface area (Å²) in [7, 11) is 0. The van der Waals surface area contributed by atoms with E-state index in [1.165, 1.54) is 54.6 Å². The van der Waals surface area contributed by atoms with Crippen molar-refractivity contribution < 1.29 is 28.7 Å². The highest BCUT2D eigenvalue weighted by Crippen LogP contribution is 2.28. The number of nitrogens with zero attached hydrogens (tertiary/aromatic N) is 2. The maximum Gasteiger partial charge on any atom is 0.343 e. The zero-order valence-corrected chi connectivity index (χ0v) is 23.0. The minimum absolute atomic E-state index is 0.0159. The smallest absolute Gasteiger partial charge is 0.343 e. The van der Waals surface area contributed by atoms with Gasteiger partial charge < -0.3 is 4.74 Å². The van der Waals surface area contributed by atoms with Crippen molar-refractivity contribution in [2.75, 3.05) is 6.54 Å². The number of hydrazine groups is 1. The Morgan fingerprint density at radius 1 is 0.732 bits per heavy atom. The molecule has 0 radical (unpaired) electrons. The summed E-state index contributed by atoms with van der Waals surface area (Å²) in [6.45, 7) is 1.26. The number of rotatable bonds is 7. The molecule has 1 heterocycles. The van der Waals surface area contributed by atoms with Gasteiger partial charge in [0.2, 0.25) is 0 Å². The number of esters is 1. The second-order valence-corrected chi connectivity index (χ2v) is 9.98. The average Bonchev–Trinajstić information content (AvgIpc) is 3.22. The predicted molar refractivity (Wildman–Crippen MR) is 151 cm³/mol. The van der Waals surface area contributed by atoms with Crippen LogP contribution in [0.2, 0.25) is 10.0 Å². The van der Waals surface area contributed by atoms with Gasteiger partial charge in [0.1, 0.15) is 12.3 Å². The second kappa shape index (κ2) is 11.4. The molecule has 0 atom stereocenters. The number of halogens is 2. The van der Waals surface area contributed by atoms with E-state index in [-0.39, 0.29) is 38.0 Å². The van der Waals surface area contributed by atoms with E-state index < -0.39 is 36.0 Å². The first-order chi connectivity index (χ1) is 19.6. The van der Waals surface area contributed by atoms with Crippen LogP contribution in [0.25, 0.3) is 0 Å². The lowest BCUT2D eigenvalue weighted by molar-refractivity contribution is 0.00531. The van der Waals surface area contributed by atoms with Gasteiger partial charge in [0, 0.05) is 11.1 Å². The van der Waals surface area contributed by atoms with Crippen molar-refractivity contribution in [3.63, 3.8) is 0 Å². The molecular weight excluding hydrogens is 567 g/mol. The molecule has 1 aliphatic rings. The van der Waals surface area contributed by atoms with E-state index in [0.717, 1.165) is 10.6 Å². The summed E-state index contributed by atoms with van der Waals surface area (Å²) in [4.78, 5) is 65.8. The molecule has 0 bridgehead atoms. The zero-order chi connectivity index (χ0) is 29.3. The summed E-state index contributed by atoms with van der Waals surface area (Å²) in [5, 5.41) is 1.74. The molecule has 0 unspecified atom stereocenters. The summed E-state index contributed by atoms with van der Waals surface area (Å²) < 4.78 is 5.38. The van der Waals surface area contributed by atoms with Gasteiger partial charge in [-0.2, -0.15) is 5.01 Å². The Morgan fingerprint density at radius 3 is 1.88 bits per heavy atom. The van der Waals surface area contributed by atoms with Gasteiger partial charge in [-0.3, -0.25) is 19.2 Å². The van der Waals surface area contributed by atoms with Crippen LogP contribution >= 0.6 is 23.2 Å². The van der Waals surface area contributed by atoms with E-state index in [2.05, 4.69) is 0 Å². The molecule has 0 saturated carbocycles. The van der Waals surface area contributed by atoms with Crippen LogP contribution in [0.15, 0.2) is 91.0 Å². The molecule has 1 aliphatic heterocycles. The number of amides is 3.